The van der Waals surface area contributed by atoms with E-state index >= 15 is 0 Å². The predicted octanol–water partition coefficient (Wildman–Crippen LogP) is 5.97. The van der Waals surface area contributed by atoms with Gasteiger partial charge in [0.25, 0.3) is 0 Å². The maximum Gasteiger partial charge on any atom is 0.394 e. The number of esters is 1. The van der Waals surface area contributed by atoms with Gasteiger partial charge in [0.15, 0.2) is 0 Å². The van der Waals surface area contributed by atoms with Crippen LogP contribution >= 0.6 is 0 Å². The highest BCUT2D eigenvalue weighted by Gasteiger charge is 2.50. The molecule has 0 aromatic carbocycles. The summed E-state index contributed by atoms with van der Waals surface area (Å²) in [5.41, 5.74) is 3.24. The van der Waals surface area contributed by atoms with Gasteiger partial charge in [-0.2, -0.15) is 13.2 Å². The van der Waals surface area contributed by atoms with Crippen LogP contribution in [0.3, 0.4) is 0 Å². The summed E-state index contributed by atoms with van der Waals surface area (Å²) in [5, 5.41) is 21.6. The van der Waals surface area contributed by atoms with Crippen molar-refractivity contribution in [3.8, 4) is 0 Å². The number of aliphatic hydroxyl groups is 2. The monoisotopic (exact) mass is 577 g/mol. The quantitative estimate of drug-likeness (QED) is 0.209. The predicted molar refractivity (Wildman–Crippen MR) is 148 cm³/mol. The number of ketones is 1. The van der Waals surface area contributed by atoms with E-state index in [2.05, 4.69) is 0 Å². The summed E-state index contributed by atoms with van der Waals surface area (Å²) in [7, 11) is 0. The van der Waals surface area contributed by atoms with E-state index in [1.54, 1.807) is 13.8 Å². The standard InChI is InChI=1S/C30H50F3NO6/c1-9-20(4)39-17-22(34)15-19(3)23-12-14-29(8,30(31,32)33)13-10-11-18(2)26(37)21(5)27(38)28(6,7)24(35)16-25(36)40-23/h15,17-18,20-21,23-24,26,35,37H,9-14,16,34H2,1-8H3/b19-15+,22-17-/t18-,20?,21+,23-,24-,26-,29?/m0/s1. The number of alkyl halides is 3. The minimum atomic E-state index is -4.51. The molecule has 0 radical (unpaired) electrons. The number of halogens is 3. The molecule has 0 aromatic rings. The molecule has 0 saturated carbocycles. The van der Waals surface area contributed by atoms with E-state index in [-0.39, 0.29) is 37.5 Å². The van der Waals surface area contributed by atoms with Crippen molar-refractivity contribution in [1.82, 2.24) is 0 Å². The van der Waals surface area contributed by atoms with Gasteiger partial charge in [-0.1, -0.05) is 48.0 Å². The zero-order valence-electron chi connectivity index (χ0n) is 25.3. The topological polar surface area (TPSA) is 119 Å². The van der Waals surface area contributed by atoms with Gasteiger partial charge in [0, 0.05) is 5.92 Å². The number of allylic oxidation sites excluding steroid dienone is 1. The van der Waals surface area contributed by atoms with Gasteiger partial charge >= 0.3 is 12.1 Å². The third-order valence-electron chi connectivity index (χ3n) is 8.55. The third-order valence-corrected chi connectivity index (χ3v) is 8.55. The van der Waals surface area contributed by atoms with Crippen molar-refractivity contribution in [1.29, 1.82) is 0 Å². The molecule has 0 amide bonds. The lowest BCUT2D eigenvalue weighted by Crippen LogP contribution is -2.46. The normalized spacial score (nSPS) is 33.3. The average Bonchev–Trinajstić information content (AvgIpc) is 2.86. The number of ether oxygens (including phenoxy) is 2. The number of rotatable bonds is 5. The fourth-order valence-corrected chi connectivity index (χ4v) is 4.92. The maximum absolute atomic E-state index is 14.3. The molecule has 1 aliphatic rings. The number of hydrogen-bond acceptors (Lipinski definition) is 7. The summed E-state index contributed by atoms with van der Waals surface area (Å²) in [5.74, 6) is -2.62. The van der Waals surface area contributed by atoms with Crippen molar-refractivity contribution in [3.05, 3.63) is 23.6 Å². The van der Waals surface area contributed by atoms with Gasteiger partial charge < -0.3 is 25.4 Å². The lowest BCUT2D eigenvalue weighted by molar-refractivity contribution is -0.225. The molecule has 1 fully saturated rings. The molecule has 0 bridgehead atoms. The number of hydrogen-bond donors (Lipinski definition) is 3. The van der Waals surface area contributed by atoms with E-state index in [0.29, 0.717) is 12.0 Å². The Balaban J connectivity index is 3.44. The summed E-state index contributed by atoms with van der Waals surface area (Å²) >= 11 is 0. The molecule has 2 unspecified atom stereocenters. The van der Waals surface area contributed by atoms with Crippen LogP contribution in [0.15, 0.2) is 23.6 Å². The van der Waals surface area contributed by atoms with Gasteiger partial charge in [-0.3, -0.25) is 9.59 Å². The van der Waals surface area contributed by atoms with Gasteiger partial charge in [0.2, 0.25) is 0 Å². The average molecular weight is 578 g/mol. The fourth-order valence-electron chi connectivity index (χ4n) is 4.92. The summed E-state index contributed by atoms with van der Waals surface area (Å²) in [6, 6.07) is 0. The first-order valence-electron chi connectivity index (χ1n) is 14.2. The first-order valence-corrected chi connectivity index (χ1v) is 14.2. The Kier molecular flexibility index (Phi) is 13.2. The first-order chi connectivity index (χ1) is 18.3. The van der Waals surface area contributed by atoms with E-state index in [1.807, 2.05) is 13.8 Å². The molecule has 40 heavy (non-hydrogen) atoms. The second-order valence-electron chi connectivity index (χ2n) is 12.4. The summed E-state index contributed by atoms with van der Waals surface area (Å²) < 4.78 is 53.9. The Morgan fingerprint density at radius 3 is 2.33 bits per heavy atom. The molecule has 0 aliphatic carbocycles. The van der Waals surface area contributed by atoms with E-state index < -0.39 is 65.3 Å². The highest BCUT2D eigenvalue weighted by molar-refractivity contribution is 5.88. The van der Waals surface area contributed by atoms with Crippen LogP contribution in [0.5, 0.6) is 0 Å². The van der Waals surface area contributed by atoms with Crippen molar-refractivity contribution < 1.29 is 42.4 Å². The summed E-state index contributed by atoms with van der Waals surface area (Å²) in [6.07, 6.45) is -5.26. The van der Waals surface area contributed by atoms with Crippen LogP contribution < -0.4 is 5.73 Å². The molecule has 1 aliphatic heterocycles. The molecule has 232 valence electrons. The van der Waals surface area contributed by atoms with Crippen LogP contribution in [-0.4, -0.2) is 52.6 Å². The molecular weight excluding hydrogens is 527 g/mol. The summed E-state index contributed by atoms with van der Waals surface area (Å²) in [6.45, 7) is 12.8. The zero-order valence-corrected chi connectivity index (χ0v) is 25.3. The molecule has 7 atom stereocenters. The zero-order chi connectivity index (χ0) is 31.1. The van der Waals surface area contributed by atoms with Crippen molar-refractivity contribution >= 4 is 11.8 Å². The van der Waals surface area contributed by atoms with Crippen molar-refractivity contribution in [3.63, 3.8) is 0 Å². The lowest BCUT2D eigenvalue weighted by atomic mass is 9.72. The molecular formula is C30H50F3NO6. The minimum absolute atomic E-state index is 0.0840. The Morgan fingerprint density at radius 1 is 1.18 bits per heavy atom. The van der Waals surface area contributed by atoms with Gasteiger partial charge in [0.05, 0.1) is 41.3 Å². The molecule has 1 saturated heterocycles. The first kappa shape index (κ1) is 36.0. The van der Waals surface area contributed by atoms with E-state index in [4.69, 9.17) is 15.2 Å². The smallest absolute Gasteiger partial charge is 0.394 e. The SMILES string of the molecule is CCC(C)O/C=C(N)/C=C(\C)[C@@H]1CCC(C)(C(F)(F)F)CCC[C@H](C)[C@H](O)[C@@H](C)C(=O)C(C)(C)[C@@H](O)CC(=O)O1. The number of cyclic esters (lactones) is 1. The van der Waals surface area contributed by atoms with Gasteiger partial charge in [0.1, 0.15) is 18.1 Å². The highest BCUT2D eigenvalue weighted by atomic mass is 19.4. The molecule has 0 aromatic heterocycles. The molecule has 7 nitrogen and oxygen atoms in total. The number of carbonyl (C=O) groups excluding carboxylic acids is 2. The van der Waals surface area contributed by atoms with Gasteiger partial charge in [-0.15, -0.1) is 0 Å². The maximum atomic E-state index is 14.3. The van der Waals surface area contributed by atoms with Crippen LogP contribution in [0.25, 0.3) is 0 Å². The highest BCUT2D eigenvalue weighted by Crippen LogP contribution is 2.47. The van der Waals surface area contributed by atoms with Crippen molar-refractivity contribution in [2.45, 2.75) is 131 Å². The van der Waals surface area contributed by atoms with Crippen LogP contribution in [0.4, 0.5) is 13.2 Å². The minimum Gasteiger partial charge on any atom is -0.496 e. The molecule has 10 heteroatoms. The lowest BCUT2D eigenvalue weighted by Gasteiger charge is -2.36. The van der Waals surface area contributed by atoms with Gasteiger partial charge in [-0.05, 0) is 63.5 Å². The third kappa shape index (κ3) is 9.79. The number of Topliss-reactive ketones (excluding diaryl/α,β-unsaturated/α-hetero) is 1. The van der Waals surface area contributed by atoms with E-state index in [9.17, 15) is 33.0 Å². The Labute approximate surface area is 237 Å². The van der Waals surface area contributed by atoms with Crippen LogP contribution in [0.2, 0.25) is 0 Å². The fraction of sp³-hybridized carbons (Fsp3) is 0.800. The molecule has 1 rings (SSSR count). The van der Waals surface area contributed by atoms with Crippen LogP contribution in [0, 0.1) is 22.7 Å². The second-order valence-corrected chi connectivity index (χ2v) is 12.4. The molecule has 1 heterocycles. The summed E-state index contributed by atoms with van der Waals surface area (Å²) in [4.78, 5) is 26.2. The van der Waals surface area contributed by atoms with Crippen molar-refractivity contribution in [2.75, 3.05) is 0 Å². The van der Waals surface area contributed by atoms with E-state index in [1.165, 1.54) is 33.1 Å². The van der Waals surface area contributed by atoms with Crippen LogP contribution in [-0.2, 0) is 19.1 Å². The molecule has 4 N–H and O–H groups in total. The number of nitrogens with two attached hydrogens (primary N) is 1. The van der Waals surface area contributed by atoms with Crippen molar-refractivity contribution in [2.24, 2.45) is 28.4 Å². The second kappa shape index (κ2) is 14.7. The Morgan fingerprint density at radius 2 is 1.77 bits per heavy atom. The van der Waals surface area contributed by atoms with Gasteiger partial charge in [-0.25, -0.2) is 0 Å². The van der Waals surface area contributed by atoms with Crippen LogP contribution in [0.1, 0.15) is 100 Å². The number of aliphatic hydroxyl groups excluding tert-OH is 2. The Hall–Kier alpha value is -2.07. The Bertz CT molecular complexity index is 916. The largest absolute Gasteiger partial charge is 0.496 e. The van der Waals surface area contributed by atoms with E-state index in [0.717, 1.165) is 13.3 Å². The molecule has 0 spiro atoms. The number of carbonyl (C=O) groups is 2.